The van der Waals surface area contributed by atoms with E-state index >= 15 is 0 Å². The van der Waals surface area contributed by atoms with E-state index in [0.29, 0.717) is 0 Å². The Labute approximate surface area is 241 Å². The van der Waals surface area contributed by atoms with Crippen LogP contribution in [0, 0.1) is 0 Å². The topological polar surface area (TPSA) is 172 Å². The Kier molecular flexibility index (Phi) is 12.4. The molecule has 10 nitrogen and oxygen atoms in total. The Morgan fingerprint density at radius 3 is 0.925 bits per heavy atom. The van der Waals surface area contributed by atoms with Crippen molar-refractivity contribution >= 4 is 54.0 Å². The number of hydrogen-bond donors (Lipinski definition) is 2. The average Bonchev–Trinajstić information content (AvgIpc) is 2.93. The maximum absolute atomic E-state index is 8.52. The molecular weight excluding hydrogens is 579 g/mol. The average molecular weight is 605 g/mol. The Morgan fingerprint density at radius 2 is 0.750 bits per heavy atom. The van der Waals surface area contributed by atoms with E-state index in [1.807, 2.05) is 24.3 Å². The second-order valence-corrected chi connectivity index (χ2v) is 9.14. The fourth-order valence-corrected chi connectivity index (χ4v) is 3.36. The van der Waals surface area contributed by atoms with Gasteiger partial charge in [0.25, 0.3) is 0 Å². The van der Waals surface area contributed by atoms with Gasteiger partial charge in [0, 0.05) is 56.7 Å². The third-order valence-electron chi connectivity index (χ3n) is 5.39. The van der Waals surface area contributed by atoms with Gasteiger partial charge in [-0.1, -0.05) is 48.5 Å². The molecule has 0 aliphatic rings. The molecule has 6 aromatic rings. The molecule has 6 rings (SSSR count). The third-order valence-corrected chi connectivity index (χ3v) is 5.39. The first-order valence-corrected chi connectivity index (χ1v) is 13.1. The number of aromatic nitrogens is 4. The zero-order valence-corrected chi connectivity index (χ0v) is 23.2. The van der Waals surface area contributed by atoms with Crippen molar-refractivity contribution in [2.45, 2.75) is 26.1 Å². The SMILES string of the molecule is C[C@@H](O)[C@@H](C)O.O=S(=O)([O-])[O-].[Ni+2].c1cnc2c(c1)ccc1cccnc12.c1cnc2c(c1)ccc1cccnc12. The van der Waals surface area contributed by atoms with E-state index in [1.54, 1.807) is 38.6 Å². The Hall–Kier alpha value is -3.64. The van der Waals surface area contributed by atoms with E-state index in [1.165, 1.54) is 0 Å². The summed E-state index contributed by atoms with van der Waals surface area (Å²) in [6.45, 7) is 3.09. The van der Waals surface area contributed by atoms with Gasteiger partial charge < -0.3 is 19.3 Å². The molecule has 0 saturated carbocycles. The fourth-order valence-electron chi connectivity index (χ4n) is 3.36. The molecule has 0 aliphatic heterocycles. The molecule has 0 radical (unpaired) electrons. The molecule has 0 amide bonds. The molecule has 2 atom stereocenters. The second-order valence-electron chi connectivity index (χ2n) is 8.32. The summed E-state index contributed by atoms with van der Waals surface area (Å²) < 4.78 is 34.1. The predicted octanol–water partition coefficient (Wildman–Crippen LogP) is 3.97. The van der Waals surface area contributed by atoms with E-state index < -0.39 is 22.6 Å². The van der Waals surface area contributed by atoms with E-state index in [-0.39, 0.29) is 16.5 Å². The van der Waals surface area contributed by atoms with Crippen molar-refractivity contribution in [1.82, 2.24) is 19.9 Å². The van der Waals surface area contributed by atoms with Gasteiger partial charge in [-0.3, -0.25) is 28.4 Å². The summed E-state index contributed by atoms with van der Waals surface area (Å²) in [6.07, 6.45) is 6.02. The van der Waals surface area contributed by atoms with Gasteiger partial charge in [-0.25, -0.2) is 0 Å². The van der Waals surface area contributed by atoms with Crippen LogP contribution in [0.5, 0.6) is 0 Å². The van der Waals surface area contributed by atoms with E-state index in [2.05, 4.69) is 68.5 Å². The van der Waals surface area contributed by atoms with Crippen molar-refractivity contribution in [3.8, 4) is 0 Å². The number of nitrogens with zero attached hydrogens (tertiary/aromatic N) is 4. The van der Waals surface area contributed by atoms with Crippen LogP contribution in [0.2, 0.25) is 0 Å². The number of fused-ring (bicyclic) bond motifs is 6. The summed E-state index contributed by atoms with van der Waals surface area (Å²) in [6, 6.07) is 24.3. The number of benzene rings is 2. The minimum atomic E-state index is -5.17. The molecule has 2 N–H and O–H groups in total. The first-order valence-electron chi connectivity index (χ1n) is 11.7. The minimum Gasteiger partial charge on any atom is -0.759 e. The van der Waals surface area contributed by atoms with Crippen LogP contribution in [0.25, 0.3) is 43.6 Å². The minimum absolute atomic E-state index is 0. The molecular formula is C28H26N4NiO6S. The van der Waals surface area contributed by atoms with Crippen LogP contribution in [0.1, 0.15) is 13.8 Å². The van der Waals surface area contributed by atoms with Gasteiger partial charge in [-0.15, -0.1) is 0 Å². The third kappa shape index (κ3) is 9.84. The van der Waals surface area contributed by atoms with Crippen molar-refractivity contribution in [2.75, 3.05) is 0 Å². The molecule has 4 aromatic heterocycles. The summed E-state index contributed by atoms with van der Waals surface area (Å²) >= 11 is 0. The van der Waals surface area contributed by atoms with Gasteiger partial charge in [-0.05, 0) is 38.1 Å². The molecule has 4 heterocycles. The largest absolute Gasteiger partial charge is 2.00 e. The smallest absolute Gasteiger partial charge is 0.759 e. The van der Waals surface area contributed by atoms with Crippen molar-refractivity contribution < 1.29 is 44.2 Å². The molecule has 0 fully saturated rings. The standard InChI is InChI=1S/2C12H8N2.C4H10O2.Ni.H2O4S/c2*1-3-9-5-6-10-4-2-8-14-12(10)11(9)13-7-1;1-3(5)4(2)6;;1-5(2,3)4/h2*1-8H;3-6H,1-2H3;;(H2,1,2,3,4)/q;;;+2;/p-2/t;;3-,4-;;/m..1../s1. The molecule has 210 valence electrons. The molecule has 0 spiro atoms. The molecule has 0 aliphatic carbocycles. The Balaban J connectivity index is 0.000000204. The van der Waals surface area contributed by atoms with E-state index in [4.69, 9.17) is 27.7 Å². The number of rotatable bonds is 1. The van der Waals surface area contributed by atoms with E-state index in [0.717, 1.165) is 43.6 Å². The van der Waals surface area contributed by atoms with E-state index in [9.17, 15) is 0 Å². The van der Waals surface area contributed by atoms with Crippen molar-refractivity contribution in [1.29, 1.82) is 0 Å². The van der Waals surface area contributed by atoms with Crippen LogP contribution >= 0.6 is 0 Å². The fraction of sp³-hybridized carbons (Fsp3) is 0.143. The Bertz CT molecular complexity index is 1550. The summed E-state index contributed by atoms with van der Waals surface area (Å²) in [5, 5.41) is 21.3. The quantitative estimate of drug-likeness (QED) is 0.121. The van der Waals surface area contributed by atoms with Gasteiger partial charge >= 0.3 is 16.5 Å². The van der Waals surface area contributed by atoms with Crippen LogP contribution in [0.4, 0.5) is 0 Å². The first-order chi connectivity index (χ1) is 18.5. The van der Waals surface area contributed by atoms with Crippen LogP contribution in [-0.4, -0.2) is 59.9 Å². The second kappa shape index (κ2) is 15.2. The van der Waals surface area contributed by atoms with Crippen LogP contribution in [0.3, 0.4) is 0 Å². The molecule has 12 heteroatoms. The maximum atomic E-state index is 8.52. The van der Waals surface area contributed by atoms with Gasteiger partial charge in [-0.2, -0.15) is 0 Å². The normalized spacial score (nSPS) is 12.1. The molecule has 0 saturated heterocycles. The van der Waals surface area contributed by atoms with Crippen molar-refractivity contribution in [3.63, 3.8) is 0 Å². The number of pyridine rings is 4. The summed E-state index contributed by atoms with van der Waals surface area (Å²) in [4.78, 5) is 17.4. The molecule has 0 unspecified atom stereocenters. The van der Waals surface area contributed by atoms with Crippen molar-refractivity contribution in [2.24, 2.45) is 0 Å². The van der Waals surface area contributed by atoms with Crippen molar-refractivity contribution in [3.05, 3.63) is 97.6 Å². The van der Waals surface area contributed by atoms with Gasteiger partial charge in [0.05, 0.1) is 34.3 Å². The number of aliphatic hydroxyl groups is 2. The molecule has 0 bridgehead atoms. The summed E-state index contributed by atoms with van der Waals surface area (Å²) in [5.74, 6) is 0. The first kappa shape index (κ1) is 32.6. The predicted molar refractivity (Wildman–Crippen MR) is 148 cm³/mol. The zero-order valence-electron chi connectivity index (χ0n) is 21.4. The summed E-state index contributed by atoms with van der Waals surface area (Å²) in [5.41, 5.74) is 3.91. The van der Waals surface area contributed by atoms with Crippen LogP contribution in [-0.2, 0) is 26.9 Å². The summed E-state index contributed by atoms with van der Waals surface area (Å²) in [7, 11) is -5.17. The van der Waals surface area contributed by atoms with Gasteiger partial charge in [0.2, 0.25) is 0 Å². The zero-order chi connectivity index (χ0) is 28.4. The molecule has 2 aromatic carbocycles. The monoisotopic (exact) mass is 604 g/mol. The maximum Gasteiger partial charge on any atom is 2.00 e. The number of hydrogen-bond acceptors (Lipinski definition) is 10. The van der Waals surface area contributed by atoms with Crippen LogP contribution in [0.15, 0.2) is 97.6 Å². The number of aliphatic hydroxyl groups excluding tert-OH is 2. The van der Waals surface area contributed by atoms with Crippen LogP contribution < -0.4 is 0 Å². The Morgan fingerprint density at radius 1 is 0.550 bits per heavy atom. The van der Waals surface area contributed by atoms with Gasteiger partial charge in [0.1, 0.15) is 0 Å². The molecule has 40 heavy (non-hydrogen) atoms. The van der Waals surface area contributed by atoms with Gasteiger partial charge in [0.15, 0.2) is 0 Å².